The minimum Gasteiger partial charge on any atom is -0.359 e. The molecule has 1 aromatic carbocycles. The molecule has 2 fully saturated rings. The standard InChI is InChI=1S/C19H26N2O2/c1-13-8-14(2)10-15(9-13)18(23)21-11-16(17(22)20-3)19(12-21)6-4-5-7-19/h8-10,16H,4-7,11-12H2,1-3H3,(H,20,22)/t16-/m0/s1. The van der Waals surface area contributed by atoms with Gasteiger partial charge in [-0.25, -0.2) is 0 Å². The predicted molar refractivity (Wildman–Crippen MR) is 90.3 cm³/mol. The minimum absolute atomic E-state index is 0.00533. The molecule has 2 aliphatic rings. The van der Waals surface area contributed by atoms with Crippen LogP contribution in [0.4, 0.5) is 0 Å². The van der Waals surface area contributed by atoms with Gasteiger partial charge in [0, 0.05) is 31.1 Å². The van der Waals surface area contributed by atoms with Gasteiger partial charge in [-0.1, -0.05) is 30.0 Å². The van der Waals surface area contributed by atoms with Crippen LogP contribution in [0, 0.1) is 25.2 Å². The second-order valence-corrected chi connectivity index (χ2v) is 7.30. The Morgan fingerprint density at radius 1 is 1.13 bits per heavy atom. The molecule has 1 aliphatic carbocycles. The van der Waals surface area contributed by atoms with Crippen LogP contribution in [0.3, 0.4) is 0 Å². The first-order chi connectivity index (χ1) is 10.9. The number of likely N-dealkylation sites (tertiary alicyclic amines) is 1. The molecule has 1 saturated heterocycles. The molecular formula is C19H26N2O2. The zero-order valence-electron chi connectivity index (χ0n) is 14.3. The predicted octanol–water partition coefficient (Wildman–Crippen LogP) is 2.68. The van der Waals surface area contributed by atoms with Crippen molar-refractivity contribution in [1.29, 1.82) is 0 Å². The Hall–Kier alpha value is -1.84. The molecule has 2 amide bonds. The average molecular weight is 314 g/mol. The summed E-state index contributed by atoms with van der Waals surface area (Å²) in [6.07, 6.45) is 4.45. The number of carbonyl (C=O) groups excluding carboxylic acids is 2. The van der Waals surface area contributed by atoms with Crippen molar-refractivity contribution in [2.24, 2.45) is 11.3 Å². The summed E-state index contributed by atoms with van der Waals surface area (Å²) in [6, 6.07) is 5.97. The lowest BCUT2D eigenvalue weighted by molar-refractivity contribution is -0.127. The second-order valence-electron chi connectivity index (χ2n) is 7.30. The molecule has 1 saturated carbocycles. The summed E-state index contributed by atoms with van der Waals surface area (Å²) in [5, 5.41) is 2.80. The van der Waals surface area contributed by atoms with Gasteiger partial charge in [-0.15, -0.1) is 0 Å². The van der Waals surface area contributed by atoms with Crippen molar-refractivity contribution in [3.63, 3.8) is 0 Å². The molecule has 3 rings (SSSR count). The van der Waals surface area contributed by atoms with Crippen LogP contribution in [-0.2, 0) is 4.79 Å². The van der Waals surface area contributed by atoms with Gasteiger partial charge in [0.2, 0.25) is 5.91 Å². The summed E-state index contributed by atoms with van der Waals surface area (Å²) in [5.41, 5.74) is 2.94. The van der Waals surface area contributed by atoms with Gasteiger partial charge in [-0.05, 0) is 38.8 Å². The number of nitrogens with zero attached hydrogens (tertiary/aromatic N) is 1. The summed E-state index contributed by atoms with van der Waals surface area (Å²) >= 11 is 0. The van der Waals surface area contributed by atoms with Crippen molar-refractivity contribution >= 4 is 11.8 Å². The summed E-state index contributed by atoms with van der Waals surface area (Å²) in [4.78, 5) is 27.2. The van der Waals surface area contributed by atoms with E-state index >= 15 is 0 Å². The van der Waals surface area contributed by atoms with E-state index < -0.39 is 0 Å². The van der Waals surface area contributed by atoms with Gasteiger partial charge < -0.3 is 10.2 Å². The van der Waals surface area contributed by atoms with Crippen molar-refractivity contribution in [3.8, 4) is 0 Å². The quantitative estimate of drug-likeness (QED) is 0.912. The van der Waals surface area contributed by atoms with E-state index in [0.717, 1.165) is 36.1 Å². The number of rotatable bonds is 2. The number of carbonyl (C=O) groups is 2. The maximum atomic E-state index is 12.9. The molecule has 0 aromatic heterocycles. The van der Waals surface area contributed by atoms with Crippen LogP contribution >= 0.6 is 0 Å². The second kappa shape index (κ2) is 5.99. The van der Waals surface area contributed by atoms with E-state index in [0.29, 0.717) is 6.54 Å². The van der Waals surface area contributed by atoms with Gasteiger partial charge in [-0.3, -0.25) is 9.59 Å². The molecule has 1 aliphatic heterocycles. The van der Waals surface area contributed by atoms with Crippen LogP contribution in [0.1, 0.15) is 47.2 Å². The number of aryl methyl sites for hydroxylation is 2. The van der Waals surface area contributed by atoms with Crippen LogP contribution in [0.5, 0.6) is 0 Å². The fraction of sp³-hybridized carbons (Fsp3) is 0.579. The van der Waals surface area contributed by atoms with Gasteiger partial charge in [-0.2, -0.15) is 0 Å². The third-order valence-electron chi connectivity index (χ3n) is 5.57. The average Bonchev–Trinajstić information content (AvgIpc) is 3.13. The molecule has 4 heteroatoms. The van der Waals surface area contributed by atoms with Gasteiger partial charge in [0.1, 0.15) is 0 Å². The zero-order chi connectivity index (χ0) is 16.6. The topological polar surface area (TPSA) is 49.4 Å². The molecule has 124 valence electrons. The highest BCUT2D eigenvalue weighted by Gasteiger charge is 2.52. The molecule has 0 radical (unpaired) electrons. The van der Waals surface area contributed by atoms with Gasteiger partial charge >= 0.3 is 0 Å². The minimum atomic E-state index is -0.0649. The molecule has 23 heavy (non-hydrogen) atoms. The Kier molecular flexibility index (Phi) is 4.17. The van der Waals surface area contributed by atoms with E-state index in [-0.39, 0.29) is 23.1 Å². The Balaban J connectivity index is 1.86. The smallest absolute Gasteiger partial charge is 0.253 e. The Morgan fingerprint density at radius 3 is 2.30 bits per heavy atom. The zero-order valence-corrected chi connectivity index (χ0v) is 14.3. The first-order valence-electron chi connectivity index (χ1n) is 8.54. The van der Waals surface area contributed by atoms with Crippen LogP contribution in [0.25, 0.3) is 0 Å². The van der Waals surface area contributed by atoms with Crippen LogP contribution in [0.15, 0.2) is 18.2 Å². The first kappa shape index (κ1) is 16.0. The largest absolute Gasteiger partial charge is 0.359 e. The molecule has 1 atom stereocenters. The maximum Gasteiger partial charge on any atom is 0.253 e. The number of hydrogen-bond donors (Lipinski definition) is 1. The third kappa shape index (κ3) is 2.87. The lowest BCUT2D eigenvalue weighted by atomic mass is 9.76. The van der Waals surface area contributed by atoms with E-state index in [4.69, 9.17) is 0 Å². The van der Waals surface area contributed by atoms with Crippen molar-refractivity contribution in [1.82, 2.24) is 10.2 Å². The van der Waals surface area contributed by atoms with Crippen LogP contribution in [-0.4, -0.2) is 36.9 Å². The monoisotopic (exact) mass is 314 g/mol. The number of amides is 2. The third-order valence-corrected chi connectivity index (χ3v) is 5.57. The SMILES string of the molecule is CNC(=O)[C@@H]1CN(C(=O)c2cc(C)cc(C)c2)CC12CCCC2. The molecule has 1 spiro atoms. The fourth-order valence-electron chi connectivity index (χ4n) is 4.53. The molecule has 1 aromatic rings. The number of hydrogen-bond acceptors (Lipinski definition) is 2. The van der Waals surface area contributed by atoms with Gasteiger partial charge in [0.25, 0.3) is 5.91 Å². The highest BCUT2D eigenvalue weighted by atomic mass is 16.2. The lowest BCUT2D eigenvalue weighted by Gasteiger charge is -2.28. The highest BCUT2D eigenvalue weighted by molar-refractivity contribution is 5.95. The molecule has 1 N–H and O–H groups in total. The maximum absolute atomic E-state index is 12.9. The molecule has 0 unspecified atom stereocenters. The van der Waals surface area contributed by atoms with Crippen molar-refractivity contribution < 1.29 is 9.59 Å². The number of benzene rings is 1. The van der Waals surface area contributed by atoms with Crippen LogP contribution < -0.4 is 5.32 Å². The van der Waals surface area contributed by atoms with E-state index in [1.165, 1.54) is 12.8 Å². The van der Waals surface area contributed by atoms with E-state index in [1.807, 2.05) is 30.9 Å². The summed E-state index contributed by atoms with van der Waals surface area (Å²) in [5.74, 6) is 0.0851. The molecular weight excluding hydrogens is 288 g/mol. The van der Waals surface area contributed by atoms with E-state index in [2.05, 4.69) is 11.4 Å². The van der Waals surface area contributed by atoms with Crippen LogP contribution in [0.2, 0.25) is 0 Å². The summed E-state index contributed by atoms with van der Waals surface area (Å²) < 4.78 is 0. The first-order valence-corrected chi connectivity index (χ1v) is 8.54. The molecule has 0 bridgehead atoms. The Labute approximate surface area is 138 Å². The van der Waals surface area contributed by atoms with Gasteiger partial charge in [0.15, 0.2) is 0 Å². The van der Waals surface area contributed by atoms with Crippen molar-refractivity contribution in [2.45, 2.75) is 39.5 Å². The fourth-order valence-corrected chi connectivity index (χ4v) is 4.53. The normalized spacial score (nSPS) is 22.6. The van der Waals surface area contributed by atoms with Crippen molar-refractivity contribution in [2.75, 3.05) is 20.1 Å². The molecule has 1 heterocycles. The summed E-state index contributed by atoms with van der Waals surface area (Å²) in [7, 11) is 1.69. The van der Waals surface area contributed by atoms with Crippen molar-refractivity contribution in [3.05, 3.63) is 34.9 Å². The Morgan fingerprint density at radius 2 is 1.74 bits per heavy atom. The molecule has 4 nitrogen and oxygen atoms in total. The summed E-state index contributed by atoms with van der Waals surface area (Å²) in [6.45, 7) is 5.29. The van der Waals surface area contributed by atoms with E-state index in [1.54, 1.807) is 7.05 Å². The van der Waals surface area contributed by atoms with E-state index in [9.17, 15) is 9.59 Å². The lowest BCUT2D eigenvalue weighted by Crippen LogP contribution is -2.38. The number of nitrogens with one attached hydrogen (secondary N) is 1. The highest BCUT2D eigenvalue weighted by Crippen LogP contribution is 2.49. The Bertz CT molecular complexity index is 612. The van der Waals surface area contributed by atoms with Gasteiger partial charge in [0.05, 0.1) is 5.92 Å².